The van der Waals surface area contributed by atoms with Crippen LogP contribution >= 0.6 is 0 Å². The van der Waals surface area contributed by atoms with Crippen LogP contribution in [-0.2, 0) is 4.74 Å². The first kappa shape index (κ1) is 10.2. The van der Waals surface area contributed by atoms with Crippen molar-refractivity contribution in [3.63, 3.8) is 0 Å². The normalized spacial score (nSPS) is 11.9. The molecule has 0 saturated carbocycles. The van der Waals surface area contributed by atoms with Crippen molar-refractivity contribution in [2.45, 2.75) is 26.2 Å². The standard InChI is InChI=1S/C7H16N2O2/c1-2-11-6-4-3-5-7(8)9-10/h10H,2-6H2,1H3,(H2,8,9). The SMILES string of the molecule is CCOCCCCC(N)=NO. The van der Waals surface area contributed by atoms with Crippen LogP contribution in [0.3, 0.4) is 0 Å². The second-order valence-electron chi connectivity index (χ2n) is 2.25. The number of hydrogen-bond acceptors (Lipinski definition) is 3. The quantitative estimate of drug-likeness (QED) is 0.200. The third kappa shape index (κ3) is 7.12. The lowest BCUT2D eigenvalue weighted by molar-refractivity contribution is 0.144. The van der Waals surface area contributed by atoms with E-state index in [2.05, 4.69) is 5.16 Å². The molecule has 0 unspecified atom stereocenters. The number of hydrogen-bond donors (Lipinski definition) is 2. The summed E-state index contributed by atoms with van der Waals surface area (Å²) in [5.74, 6) is 0.293. The van der Waals surface area contributed by atoms with Gasteiger partial charge in [-0.15, -0.1) is 0 Å². The summed E-state index contributed by atoms with van der Waals surface area (Å²) in [6, 6.07) is 0. The molecule has 0 heterocycles. The van der Waals surface area contributed by atoms with Gasteiger partial charge in [0.1, 0.15) is 5.84 Å². The van der Waals surface area contributed by atoms with Crippen LogP contribution in [0.1, 0.15) is 26.2 Å². The van der Waals surface area contributed by atoms with E-state index >= 15 is 0 Å². The Morgan fingerprint density at radius 3 is 2.82 bits per heavy atom. The van der Waals surface area contributed by atoms with Crippen molar-refractivity contribution in [1.29, 1.82) is 0 Å². The maximum absolute atomic E-state index is 8.17. The van der Waals surface area contributed by atoms with Gasteiger partial charge in [-0.2, -0.15) is 0 Å². The van der Waals surface area contributed by atoms with E-state index in [4.69, 9.17) is 15.7 Å². The van der Waals surface area contributed by atoms with Gasteiger partial charge in [-0.25, -0.2) is 0 Å². The second kappa shape index (κ2) is 7.34. The van der Waals surface area contributed by atoms with Crippen LogP contribution in [0.15, 0.2) is 5.16 Å². The Morgan fingerprint density at radius 1 is 1.55 bits per heavy atom. The van der Waals surface area contributed by atoms with E-state index in [0.717, 1.165) is 26.1 Å². The summed E-state index contributed by atoms with van der Waals surface area (Å²) in [7, 11) is 0. The van der Waals surface area contributed by atoms with E-state index in [0.29, 0.717) is 12.3 Å². The van der Waals surface area contributed by atoms with Crippen LogP contribution in [0.25, 0.3) is 0 Å². The topological polar surface area (TPSA) is 67.8 Å². The molecule has 0 aromatic rings. The number of nitrogens with two attached hydrogens (primary N) is 1. The fourth-order valence-corrected chi connectivity index (χ4v) is 0.705. The zero-order valence-electron chi connectivity index (χ0n) is 6.92. The second-order valence-corrected chi connectivity index (χ2v) is 2.25. The molecule has 0 saturated heterocycles. The van der Waals surface area contributed by atoms with Gasteiger partial charge in [0, 0.05) is 19.6 Å². The Balaban J connectivity index is 3.02. The van der Waals surface area contributed by atoms with Crippen LogP contribution < -0.4 is 5.73 Å². The van der Waals surface area contributed by atoms with Gasteiger partial charge in [-0.3, -0.25) is 0 Å². The number of nitrogens with zero attached hydrogens (tertiary/aromatic N) is 1. The summed E-state index contributed by atoms with van der Waals surface area (Å²) >= 11 is 0. The maximum Gasteiger partial charge on any atom is 0.139 e. The average molecular weight is 160 g/mol. The van der Waals surface area contributed by atoms with Crippen LogP contribution in [0.4, 0.5) is 0 Å². The Labute approximate surface area is 67.0 Å². The molecule has 0 aliphatic rings. The molecule has 0 aromatic heterocycles. The fourth-order valence-electron chi connectivity index (χ4n) is 0.705. The van der Waals surface area contributed by atoms with Crippen molar-refractivity contribution in [2.75, 3.05) is 13.2 Å². The summed E-state index contributed by atoms with van der Waals surface area (Å²) in [5, 5.41) is 11.0. The molecule has 4 heteroatoms. The predicted octanol–water partition coefficient (Wildman–Crippen LogP) is 0.940. The van der Waals surface area contributed by atoms with Gasteiger partial charge in [0.05, 0.1) is 0 Å². The van der Waals surface area contributed by atoms with Gasteiger partial charge < -0.3 is 15.7 Å². The highest BCUT2D eigenvalue weighted by Gasteiger charge is 1.92. The number of unbranched alkanes of at least 4 members (excludes halogenated alkanes) is 1. The van der Waals surface area contributed by atoms with Gasteiger partial charge in [0.15, 0.2) is 0 Å². The van der Waals surface area contributed by atoms with E-state index in [9.17, 15) is 0 Å². The molecule has 3 N–H and O–H groups in total. The molecule has 11 heavy (non-hydrogen) atoms. The van der Waals surface area contributed by atoms with Crippen molar-refractivity contribution < 1.29 is 9.94 Å². The van der Waals surface area contributed by atoms with Crippen molar-refractivity contribution in [2.24, 2.45) is 10.9 Å². The van der Waals surface area contributed by atoms with Gasteiger partial charge in [0.25, 0.3) is 0 Å². The Bertz CT molecular complexity index is 115. The minimum atomic E-state index is 0.293. The zero-order chi connectivity index (χ0) is 8.53. The van der Waals surface area contributed by atoms with E-state index < -0.39 is 0 Å². The van der Waals surface area contributed by atoms with E-state index in [1.807, 2.05) is 6.92 Å². The smallest absolute Gasteiger partial charge is 0.139 e. The summed E-state index contributed by atoms with van der Waals surface area (Å²) in [4.78, 5) is 0. The molecule has 0 bridgehead atoms. The van der Waals surface area contributed by atoms with Crippen molar-refractivity contribution in [3.8, 4) is 0 Å². The number of rotatable bonds is 6. The molecule has 4 nitrogen and oxygen atoms in total. The minimum Gasteiger partial charge on any atom is -0.409 e. The third-order valence-electron chi connectivity index (χ3n) is 1.30. The zero-order valence-corrected chi connectivity index (χ0v) is 6.92. The molecule has 0 aliphatic carbocycles. The van der Waals surface area contributed by atoms with Gasteiger partial charge in [-0.1, -0.05) is 5.16 Å². The fraction of sp³-hybridized carbons (Fsp3) is 0.857. The van der Waals surface area contributed by atoms with Crippen LogP contribution in [0, 0.1) is 0 Å². The summed E-state index contributed by atoms with van der Waals surface area (Å²) < 4.78 is 5.11. The molecular weight excluding hydrogens is 144 g/mol. The highest BCUT2D eigenvalue weighted by atomic mass is 16.5. The van der Waals surface area contributed by atoms with Crippen LogP contribution in [0.2, 0.25) is 0 Å². The molecule has 66 valence electrons. The lowest BCUT2D eigenvalue weighted by Gasteiger charge is -1.99. The van der Waals surface area contributed by atoms with E-state index in [1.165, 1.54) is 0 Å². The summed E-state index contributed by atoms with van der Waals surface area (Å²) in [5.41, 5.74) is 5.25. The maximum atomic E-state index is 8.17. The first-order valence-electron chi connectivity index (χ1n) is 3.85. The van der Waals surface area contributed by atoms with Crippen molar-refractivity contribution >= 4 is 5.84 Å². The Kier molecular flexibility index (Phi) is 6.82. The summed E-state index contributed by atoms with van der Waals surface area (Å²) in [6.07, 6.45) is 2.52. The first-order valence-corrected chi connectivity index (χ1v) is 3.85. The Hall–Kier alpha value is -0.770. The molecular formula is C7H16N2O2. The van der Waals surface area contributed by atoms with Gasteiger partial charge in [0.2, 0.25) is 0 Å². The predicted molar refractivity (Wildman–Crippen MR) is 43.8 cm³/mol. The molecule has 0 fully saturated rings. The van der Waals surface area contributed by atoms with Crippen LogP contribution in [-0.4, -0.2) is 24.3 Å². The Morgan fingerprint density at radius 2 is 2.27 bits per heavy atom. The molecule has 0 rings (SSSR count). The number of amidine groups is 1. The molecule has 0 aromatic carbocycles. The molecule has 0 atom stereocenters. The average Bonchev–Trinajstić information content (AvgIpc) is 2.04. The van der Waals surface area contributed by atoms with Gasteiger partial charge in [-0.05, 0) is 19.8 Å². The van der Waals surface area contributed by atoms with Crippen molar-refractivity contribution in [1.82, 2.24) is 0 Å². The summed E-state index contributed by atoms with van der Waals surface area (Å²) in [6.45, 7) is 3.47. The third-order valence-corrected chi connectivity index (χ3v) is 1.30. The van der Waals surface area contributed by atoms with Gasteiger partial charge >= 0.3 is 0 Å². The van der Waals surface area contributed by atoms with Crippen molar-refractivity contribution in [3.05, 3.63) is 0 Å². The molecule has 0 radical (unpaired) electrons. The largest absolute Gasteiger partial charge is 0.409 e. The highest BCUT2D eigenvalue weighted by molar-refractivity contribution is 5.79. The monoisotopic (exact) mass is 160 g/mol. The van der Waals surface area contributed by atoms with E-state index in [-0.39, 0.29) is 0 Å². The molecule has 0 spiro atoms. The lowest BCUT2D eigenvalue weighted by atomic mass is 10.2. The molecule has 0 amide bonds. The van der Waals surface area contributed by atoms with Crippen LogP contribution in [0.5, 0.6) is 0 Å². The number of ether oxygens (including phenoxy) is 1. The lowest BCUT2D eigenvalue weighted by Crippen LogP contribution is -2.11. The first-order chi connectivity index (χ1) is 5.31. The minimum absolute atomic E-state index is 0.293. The molecule has 0 aliphatic heterocycles. The highest BCUT2D eigenvalue weighted by Crippen LogP contribution is 1.95. The van der Waals surface area contributed by atoms with E-state index in [1.54, 1.807) is 0 Å². The number of oxime groups is 1.